The second-order valence-corrected chi connectivity index (χ2v) is 5.73. The number of ether oxygens (including phenoxy) is 1. The van der Waals surface area contributed by atoms with Gasteiger partial charge in [0, 0.05) is 5.03 Å². The Bertz CT molecular complexity index is 608. The molecule has 1 fully saturated rings. The lowest BCUT2D eigenvalue weighted by atomic mass is 9.85. The van der Waals surface area contributed by atoms with Crippen molar-refractivity contribution in [2.75, 3.05) is 11.5 Å². The van der Waals surface area contributed by atoms with Crippen LogP contribution in [0.4, 0.5) is 5.69 Å². The van der Waals surface area contributed by atoms with Crippen LogP contribution in [0.15, 0.2) is 35.4 Å². The predicted molar refractivity (Wildman–Crippen MR) is 80.3 cm³/mol. The molecule has 1 aromatic rings. The van der Waals surface area contributed by atoms with Crippen LogP contribution in [0.5, 0.6) is 5.75 Å². The van der Waals surface area contributed by atoms with Gasteiger partial charge in [-0.3, -0.25) is 14.5 Å². The first-order valence-electron chi connectivity index (χ1n) is 7.07. The van der Waals surface area contributed by atoms with Crippen LogP contribution >= 0.6 is 11.6 Å². The highest BCUT2D eigenvalue weighted by atomic mass is 35.5. The first-order chi connectivity index (χ1) is 10.1. The first kappa shape index (κ1) is 14.1. The van der Waals surface area contributed by atoms with Gasteiger partial charge in [-0.05, 0) is 44.0 Å². The van der Waals surface area contributed by atoms with Gasteiger partial charge in [0.05, 0.1) is 24.1 Å². The largest absolute Gasteiger partial charge is 0.494 e. The molecule has 5 heteroatoms. The van der Waals surface area contributed by atoms with E-state index in [1.54, 1.807) is 24.3 Å². The third-order valence-electron chi connectivity index (χ3n) is 3.97. The average molecular weight is 306 g/mol. The maximum absolute atomic E-state index is 12.5. The molecule has 0 bridgehead atoms. The molecule has 1 aliphatic heterocycles. The number of nitrogens with zero attached hydrogens (tertiary/aromatic N) is 1. The standard InChI is InChI=1S/C16H16ClNO3/c1-2-21-12-6-4-11(5-7-12)18-15(19)13-8-3-10(17)9-14(13)16(18)20/h3-7,13-14H,2,8-9H2,1H3. The summed E-state index contributed by atoms with van der Waals surface area (Å²) < 4.78 is 5.37. The second kappa shape index (κ2) is 5.53. The van der Waals surface area contributed by atoms with E-state index in [0.29, 0.717) is 30.2 Å². The molecule has 1 saturated heterocycles. The summed E-state index contributed by atoms with van der Waals surface area (Å²) in [6.07, 6.45) is 2.85. The van der Waals surface area contributed by atoms with E-state index < -0.39 is 0 Å². The lowest BCUT2D eigenvalue weighted by Crippen LogP contribution is -2.30. The van der Waals surface area contributed by atoms with Crippen LogP contribution in [0.3, 0.4) is 0 Å². The lowest BCUT2D eigenvalue weighted by molar-refractivity contribution is -0.122. The van der Waals surface area contributed by atoms with Gasteiger partial charge in [0.25, 0.3) is 0 Å². The number of hydrogen-bond donors (Lipinski definition) is 0. The molecular formula is C16H16ClNO3. The molecule has 2 atom stereocenters. The second-order valence-electron chi connectivity index (χ2n) is 5.24. The summed E-state index contributed by atoms with van der Waals surface area (Å²) in [4.78, 5) is 26.3. The van der Waals surface area contributed by atoms with E-state index in [9.17, 15) is 9.59 Å². The van der Waals surface area contributed by atoms with E-state index in [2.05, 4.69) is 0 Å². The molecule has 0 aromatic heterocycles. The number of benzene rings is 1. The minimum Gasteiger partial charge on any atom is -0.494 e. The summed E-state index contributed by atoms with van der Waals surface area (Å²) in [5.41, 5.74) is 0.596. The maximum Gasteiger partial charge on any atom is 0.238 e. The fourth-order valence-corrected chi connectivity index (χ4v) is 3.20. The molecule has 21 heavy (non-hydrogen) atoms. The summed E-state index contributed by atoms with van der Waals surface area (Å²) in [5.74, 6) is -0.148. The third kappa shape index (κ3) is 2.44. The zero-order valence-electron chi connectivity index (χ0n) is 11.7. The Hall–Kier alpha value is -1.81. The van der Waals surface area contributed by atoms with Crippen LogP contribution in [-0.2, 0) is 9.59 Å². The summed E-state index contributed by atoms with van der Waals surface area (Å²) in [6.45, 7) is 2.48. The normalized spacial score (nSPS) is 24.9. The van der Waals surface area contributed by atoms with E-state index in [4.69, 9.17) is 16.3 Å². The fraction of sp³-hybridized carbons (Fsp3) is 0.375. The number of imide groups is 1. The summed E-state index contributed by atoms with van der Waals surface area (Å²) in [5, 5.41) is 0.672. The molecule has 0 radical (unpaired) electrons. The van der Waals surface area contributed by atoms with Gasteiger partial charge in [-0.25, -0.2) is 0 Å². The van der Waals surface area contributed by atoms with E-state index in [1.165, 1.54) is 4.90 Å². The number of hydrogen-bond acceptors (Lipinski definition) is 3. The number of anilines is 1. The minimum absolute atomic E-state index is 0.130. The Morgan fingerprint density at radius 3 is 2.52 bits per heavy atom. The van der Waals surface area contributed by atoms with E-state index >= 15 is 0 Å². The van der Waals surface area contributed by atoms with Crippen molar-refractivity contribution >= 4 is 29.1 Å². The van der Waals surface area contributed by atoms with Gasteiger partial charge in [0.1, 0.15) is 5.75 Å². The first-order valence-corrected chi connectivity index (χ1v) is 7.44. The number of rotatable bonds is 3. The fourth-order valence-electron chi connectivity index (χ4n) is 2.94. The van der Waals surface area contributed by atoms with Crippen molar-refractivity contribution in [3.05, 3.63) is 35.4 Å². The van der Waals surface area contributed by atoms with E-state index in [1.807, 2.05) is 13.0 Å². The quantitative estimate of drug-likeness (QED) is 0.806. The zero-order valence-corrected chi connectivity index (χ0v) is 12.5. The summed E-state index contributed by atoms with van der Waals surface area (Å²) >= 11 is 6.01. The molecule has 0 saturated carbocycles. The number of halogens is 1. The van der Waals surface area contributed by atoms with Crippen molar-refractivity contribution in [3.63, 3.8) is 0 Å². The number of carbonyl (C=O) groups excluding carboxylic acids is 2. The van der Waals surface area contributed by atoms with Crippen molar-refractivity contribution in [3.8, 4) is 5.75 Å². The molecule has 0 N–H and O–H groups in total. The monoisotopic (exact) mass is 305 g/mol. The average Bonchev–Trinajstić information content (AvgIpc) is 2.72. The van der Waals surface area contributed by atoms with Gasteiger partial charge in [-0.1, -0.05) is 17.7 Å². The highest BCUT2D eigenvalue weighted by Gasteiger charge is 2.48. The van der Waals surface area contributed by atoms with Crippen LogP contribution in [0.2, 0.25) is 0 Å². The van der Waals surface area contributed by atoms with Crippen LogP contribution in [-0.4, -0.2) is 18.4 Å². The highest BCUT2D eigenvalue weighted by molar-refractivity contribution is 6.30. The topological polar surface area (TPSA) is 46.6 Å². The number of amides is 2. The zero-order chi connectivity index (χ0) is 15.0. The third-order valence-corrected chi connectivity index (χ3v) is 4.28. The minimum atomic E-state index is -0.318. The molecule has 110 valence electrons. The van der Waals surface area contributed by atoms with Crippen molar-refractivity contribution in [1.29, 1.82) is 0 Å². The Morgan fingerprint density at radius 1 is 1.19 bits per heavy atom. The van der Waals surface area contributed by atoms with Crippen molar-refractivity contribution in [2.45, 2.75) is 19.8 Å². The Kier molecular flexibility index (Phi) is 3.72. The number of allylic oxidation sites excluding steroid dienone is 2. The maximum atomic E-state index is 12.5. The van der Waals surface area contributed by atoms with Crippen molar-refractivity contribution in [1.82, 2.24) is 0 Å². The van der Waals surface area contributed by atoms with Gasteiger partial charge in [-0.2, -0.15) is 0 Å². The SMILES string of the molecule is CCOc1ccc(N2C(=O)C3CC=C(Cl)CC3C2=O)cc1. The molecule has 2 aliphatic rings. The van der Waals surface area contributed by atoms with Crippen LogP contribution in [0, 0.1) is 11.8 Å². The van der Waals surface area contributed by atoms with Gasteiger partial charge in [0.15, 0.2) is 0 Å². The van der Waals surface area contributed by atoms with Crippen molar-refractivity contribution in [2.24, 2.45) is 11.8 Å². The lowest BCUT2D eigenvalue weighted by Gasteiger charge is -2.17. The molecule has 1 aromatic carbocycles. The molecule has 0 spiro atoms. The van der Waals surface area contributed by atoms with Gasteiger partial charge in [0.2, 0.25) is 11.8 Å². The molecular weight excluding hydrogens is 290 g/mol. The summed E-state index contributed by atoms with van der Waals surface area (Å²) in [6, 6.07) is 7.03. The highest BCUT2D eigenvalue weighted by Crippen LogP contribution is 2.40. The molecule has 3 rings (SSSR count). The number of carbonyl (C=O) groups is 2. The van der Waals surface area contributed by atoms with Gasteiger partial charge in [-0.15, -0.1) is 0 Å². The van der Waals surface area contributed by atoms with Crippen LogP contribution in [0.25, 0.3) is 0 Å². The Morgan fingerprint density at radius 2 is 1.86 bits per heavy atom. The molecule has 2 amide bonds. The van der Waals surface area contributed by atoms with Crippen LogP contribution in [0.1, 0.15) is 19.8 Å². The van der Waals surface area contributed by atoms with E-state index in [0.717, 1.165) is 5.75 Å². The number of fused-ring (bicyclic) bond motifs is 1. The van der Waals surface area contributed by atoms with Crippen molar-refractivity contribution < 1.29 is 14.3 Å². The van der Waals surface area contributed by atoms with Gasteiger partial charge < -0.3 is 4.74 Å². The Labute approximate surface area is 128 Å². The molecule has 1 aliphatic carbocycles. The smallest absolute Gasteiger partial charge is 0.238 e. The van der Waals surface area contributed by atoms with E-state index in [-0.39, 0.29) is 23.7 Å². The predicted octanol–water partition coefficient (Wildman–Crippen LogP) is 3.11. The van der Waals surface area contributed by atoms with Gasteiger partial charge >= 0.3 is 0 Å². The van der Waals surface area contributed by atoms with Crippen LogP contribution < -0.4 is 9.64 Å². The summed E-state index contributed by atoms with van der Waals surface area (Å²) in [7, 11) is 0. The Balaban J connectivity index is 1.86. The molecule has 1 heterocycles. The molecule has 2 unspecified atom stereocenters. The molecule has 4 nitrogen and oxygen atoms in total.